The molecule has 3 unspecified atom stereocenters. The molecule has 0 heterocycles. The lowest BCUT2D eigenvalue weighted by Gasteiger charge is -2.13. The minimum absolute atomic E-state index is 0.0614. The molecule has 2 aromatic rings. The number of carboxylic acid groups (broad SMARTS) is 1. The van der Waals surface area contributed by atoms with Crippen molar-refractivity contribution in [1.29, 1.82) is 0 Å². The molecule has 1 aliphatic carbocycles. The van der Waals surface area contributed by atoms with Crippen LogP contribution in [-0.4, -0.2) is 23.0 Å². The molecule has 4 nitrogen and oxygen atoms in total. The van der Waals surface area contributed by atoms with Crippen LogP contribution in [-0.2, 0) is 20.9 Å². The highest BCUT2D eigenvalue weighted by molar-refractivity contribution is 5.86. The molecule has 4 heteroatoms. The standard InChI is InChI=1S/C19H20O4/c1-12(20)17-9-15(10-18(17)19(21)22)23-11-14-7-4-6-13-5-2-3-8-16(13)14/h2-8,15,17-18H,9-11H2,1H3,(H,21,22). The van der Waals surface area contributed by atoms with E-state index in [1.165, 1.54) is 6.92 Å². The number of carbonyl (C=O) groups is 2. The highest BCUT2D eigenvalue weighted by atomic mass is 16.5. The molecule has 3 atom stereocenters. The summed E-state index contributed by atoms with van der Waals surface area (Å²) in [5.74, 6) is -2.01. The van der Waals surface area contributed by atoms with Crippen molar-refractivity contribution < 1.29 is 19.4 Å². The molecule has 1 saturated carbocycles. The van der Waals surface area contributed by atoms with Gasteiger partial charge in [0.1, 0.15) is 5.78 Å². The van der Waals surface area contributed by atoms with Gasteiger partial charge in [-0.3, -0.25) is 9.59 Å². The summed E-state index contributed by atoms with van der Waals surface area (Å²) in [7, 11) is 0. The van der Waals surface area contributed by atoms with Gasteiger partial charge in [-0.15, -0.1) is 0 Å². The maximum absolute atomic E-state index is 11.6. The van der Waals surface area contributed by atoms with Gasteiger partial charge in [0, 0.05) is 5.92 Å². The Balaban J connectivity index is 1.71. The van der Waals surface area contributed by atoms with Crippen molar-refractivity contribution in [2.45, 2.75) is 32.5 Å². The molecule has 2 aromatic carbocycles. The third-order valence-corrected chi connectivity index (χ3v) is 4.71. The summed E-state index contributed by atoms with van der Waals surface area (Å²) in [6, 6.07) is 14.2. The normalized spacial score (nSPS) is 24.0. The Labute approximate surface area is 135 Å². The Hall–Kier alpha value is -2.20. The van der Waals surface area contributed by atoms with Crippen molar-refractivity contribution in [2.75, 3.05) is 0 Å². The highest BCUT2D eigenvalue weighted by Gasteiger charge is 2.41. The third kappa shape index (κ3) is 3.27. The summed E-state index contributed by atoms with van der Waals surface area (Å²) < 4.78 is 5.94. The van der Waals surface area contributed by atoms with Crippen molar-refractivity contribution >= 4 is 22.5 Å². The molecule has 0 aromatic heterocycles. The fourth-order valence-corrected chi connectivity index (χ4v) is 3.48. The molecule has 1 fully saturated rings. The maximum Gasteiger partial charge on any atom is 0.307 e. The molecular weight excluding hydrogens is 292 g/mol. The number of aliphatic carboxylic acids is 1. The van der Waals surface area contributed by atoms with Gasteiger partial charge >= 0.3 is 5.97 Å². The van der Waals surface area contributed by atoms with Crippen LogP contribution in [0.1, 0.15) is 25.3 Å². The third-order valence-electron chi connectivity index (χ3n) is 4.71. The van der Waals surface area contributed by atoms with E-state index >= 15 is 0 Å². The summed E-state index contributed by atoms with van der Waals surface area (Å²) in [5, 5.41) is 11.6. The average molecular weight is 312 g/mol. The van der Waals surface area contributed by atoms with Gasteiger partial charge in [-0.25, -0.2) is 0 Å². The fourth-order valence-electron chi connectivity index (χ4n) is 3.48. The predicted molar refractivity (Wildman–Crippen MR) is 87.1 cm³/mol. The van der Waals surface area contributed by atoms with Crippen molar-refractivity contribution in [3.8, 4) is 0 Å². The van der Waals surface area contributed by atoms with E-state index in [-0.39, 0.29) is 11.9 Å². The number of benzene rings is 2. The predicted octanol–water partition coefficient (Wildman–Crippen LogP) is 3.42. The Morgan fingerprint density at radius 2 is 1.78 bits per heavy atom. The number of carbonyl (C=O) groups excluding carboxylic acids is 1. The summed E-state index contributed by atoms with van der Waals surface area (Å²) in [6.45, 7) is 1.90. The molecule has 1 aliphatic rings. The van der Waals surface area contributed by atoms with E-state index in [0.29, 0.717) is 19.4 Å². The Morgan fingerprint density at radius 1 is 1.09 bits per heavy atom. The molecule has 3 rings (SSSR count). The first-order valence-electron chi connectivity index (χ1n) is 7.87. The Kier molecular flexibility index (Phi) is 4.44. The zero-order chi connectivity index (χ0) is 16.4. The lowest BCUT2D eigenvalue weighted by Crippen LogP contribution is -2.23. The largest absolute Gasteiger partial charge is 0.481 e. The summed E-state index contributed by atoms with van der Waals surface area (Å²) in [6.07, 6.45) is 0.727. The number of ketones is 1. The van der Waals surface area contributed by atoms with Crippen LogP contribution >= 0.6 is 0 Å². The van der Waals surface area contributed by atoms with E-state index in [4.69, 9.17) is 4.74 Å². The quantitative estimate of drug-likeness (QED) is 0.919. The second kappa shape index (κ2) is 6.50. The van der Waals surface area contributed by atoms with E-state index in [1.54, 1.807) is 0 Å². The zero-order valence-corrected chi connectivity index (χ0v) is 13.1. The van der Waals surface area contributed by atoms with Crippen LogP contribution in [0.5, 0.6) is 0 Å². The summed E-state index contributed by atoms with van der Waals surface area (Å²) in [4.78, 5) is 22.9. The fraction of sp³-hybridized carbons (Fsp3) is 0.368. The highest BCUT2D eigenvalue weighted by Crippen LogP contribution is 2.35. The van der Waals surface area contributed by atoms with Gasteiger partial charge in [0.15, 0.2) is 0 Å². The first-order valence-corrected chi connectivity index (χ1v) is 7.87. The van der Waals surface area contributed by atoms with Crippen molar-refractivity contribution in [1.82, 2.24) is 0 Å². The van der Waals surface area contributed by atoms with Gasteiger partial charge in [0.05, 0.1) is 18.6 Å². The van der Waals surface area contributed by atoms with Gasteiger partial charge in [-0.05, 0) is 36.1 Å². The van der Waals surface area contributed by atoms with Gasteiger partial charge in [0.2, 0.25) is 0 Å². The molecule has 0 spiro atoms. The lowest BCUT2D eigenvalue weighted by atomic mass is 9.93. The first-order chi connectivity index (χ1) is 11.1. The van der Waals surface area contributed by atoms with Crippen molar-refractivity contribution in [3.05, 3.63) is 48.0 Å². The second-order valence-corrected chi connectivity index (χ2v) is 6.20. The van der Waals surface area contributed by atoms with Crippen LogP contribution in [0.4, 0.5) is 0 Å². The summed E-state index contributed by atoms with van der Waals surface area (Å²) >= 11 is 0. The van der Waals surface area contributed by atoms with Crippen LogP contribution in [0.15, 0.2) is 42.5 Å². The minimum Gasteiger partial charge on any atom is -0.481 e. The summed E-state index contributed by atoms with van der Waals surface area (Å²) in [5.41, 5.74) is 1.08. The van der Waals surface area contributed by atoms with E-state index in [9.17, 15) is 14.7 Å². The van der Waals surface area contributed by atoms with Crippen molar-refractivity contribution in [3.63, 3.8) is 0 Å². The number of rotatable bonds is 5. The van der Waals surface area contributed by atoms with Crippen LogP contribution in [0.3, 0.4) is 0 Å². The minimum atomic E-state index is -0.901. The number of fused-ring (bicyclic) bond motifs is 1. The Morgan fingerprint density at radius 3 is 2.48 bits per heavy atom. The number of Topliss-reactive ketones (excluding diaryl/α,β-unsaturated/α-hetero) is 1. The van der Waals surface area contributed by atoms with Gasteiger partial charge in [0.25, 0.3) is 0 Å². The molecule has 0 amide bonds. The van der Waals surface area contributed by atoms with E-state index in [0.717, 1.165) is 16.3 Å². The van der Waals surface area contributed by atoms with Gasteiger partial charge in [-0.2, -0.15) is 0 Å². The molecule has 0 bridgehead atoms. The van der Waals surface area contributed by atoms with Crippen LogP contribution < -0.4 is 0 Å². The lowest BCUT2D eigenvalue weighted by molar-refractivity contribution is -0.145. The molecular formula is C19H20O4. The monoisotopic (exact) mass is 312 g/mol. The molecule has 1 N–H and O–H groups in total. The van der Waals surface area contributed by atoms with Crippen LogP contribution in [0.25, 0.3) is 10.8 Å². The van der Waals surface area contributed by atoms with Crippen molar-refractivity contribution in [2.24, 2.45) is 11.8 Å². The average Bonchev–Trinajstić information content (AvgIpc) is 2.98. The van der Waals surface area contributed by atoms with Crippen LogP contribution in [0.2, 0.25) is 0 Å². The maximum atomic E-state index is 11.6. The topological polar surface area (TPSA) is 63.6 Å². The molecule has 120 valence electrons. The molecule has 0 aliphatic heterocycles. The SMILES string of the molecule is CC(=O)C1CC(OCc2cccc3ccccc23)CC1C(=O)O. The molecule has 0 radical (unpaired) electrons. The van der Waals surface area contributed by atoms with E-state index in [1.807, 2.05) is 24.3 Å². The van der Waals surface area contributed by atoms with Gasteiger partial charge < -0.3 is 9.84 Å². The van der Waals surface area contributed by atoms with E-state index in [2.05, 4.69) is 18.2 Å². The zero-order valence-electron chi connectivity index (χ0n) is 13.1. The number of hydrogen-bond acceptors (Lipinski definition) is 3. The number of hydrogen-bond donors (Lipinski definition) is 1. The van der Waals surface area contributed by atoms with Crippen LogP contribution in [0, 0.1) is 11.8 Å². The second-order valence-electron chi connectivity index (χ2n) is 6.20. The number of carboxylic acids is 1. The molecule has 0 saturated heterocycles. The molecule has 23 heavy (non-hydrogen) atoms. The Bertz CT molecular complexity index is 710. The smallest absolute Gasteiger partial charge is 0.307 e. The first kappa shape index (κ1) is 15.7. The number of ether oxygens (including phenoxy) is 1. The van der Waals surface area contributed by atoms with Gasteiger partial charge in [-0.1, -0.05) is 42.5 Å². The van der Waals surface area contributed by atoms with E-state index < -0.39 is 17.8 Å².